The first-order valence-electron chi connectivity index (χ1n) is 15.9. The summed E-state index contributed by atoms with van der Waals surface area (Å²) in [5.74, 6) is -0.783. The molecule has 7 nitrogen and oxygen atoms in total. The van der Waals surface area contributed by atoms with E-state index in [4.69, 9.17) is 32.5 Å². The first kappa shape index (κ1) is 34.4. The van der Waals surface area contributed by atoms with Gasteiger partial charge in [0.25, 0.3) is 0 Å². The fourth-order valence-electron chi connectivity index (χ4n) is 6.20. The summed E-state index contributed by atoms with van der Waals surface area (Å²) in [6, 6.07) is 17.8. The minimum Gasteiger partial charge on any atom is -0.488 e. The number of nitrogens with two attached hydrogens (primary N) is 2. The van der Waals surface area contributed by atoms with Crippen molar-refractivity contribution < 1.29 is 23.5 Å². The molecular weight excluding hydrogens is 593 g/mol. The van der Waals surface area contributed by atoms with Gasteiger partial charge in [-0.15, -0.1) is 0 Å². The number of hydrogen-bond donors (Lipinski definition) is 2. The van der Waals surface area contributed by atoms with Gasteiger partial charge in [0, 0.05) is 54.7 Å². The summed E-state index contributed by atoms with van der Waals surface area (Å²) in [7, 11) is 1.52. The number of rotatable bonds is 10. The van der Waals surface area contributed by atoms with E-state index in [1.165, 1.54) is 57.8 Å². The van der Waals surface area contributed by atoms with Crippen molar-refractivity contribution in [1.29, 1.82) is 0 Å². The van der Waals surface area contributed by atoms with Crippen molar-refractivity contribution in [1.82, 2.24) is 4.90 Å². The molecule has 0 bridgehead atoms. The molecule has 0 aromatic heterocycles. The highest BCUT2D eigenvalue weighted by Crippen LogP contribution is 2.39. The van der Waals surface area contributed by atoms with E-state index < -0.39 is 11.7 Å². The molecule has 5 rings (SSSR count). The molecule has 3 aromatic rings. The van der Waals surface area contributed by atoms with Gasteiger partial charge in [-0.1, -0.05) is 67.3 Å². The number of primary amides is 1. The molecule has 242 valence electrons. The number of halogens is 2. The molecule has 2 aliphatic rings. The van der Waals surface area contributed by atoms with Crippen molar-refractivity contribution in [2.75, 3.05) is 40.0 Å². The second kappa shape index (κ2) is 17.3. The molecule has 4 N–H and O–H groups in total. The molecule has 45 heavy (non-hydrogen) atoms. The van der Waals surface area contributed by atoms with Crippen molar-refractivity contribution in [3.05, 3.63) is 88.2 Å². The Labute approximate surface area is 271 Å². The second-order valence-electron chi connectivity index (χ2n) is 11.7. The summed E-state index contributed by atoms with van der Waals surface area (Å²) < 4.78 is 25.9. The fourth-order valence-corrected chi connectivity index (χ4v) is 6.41. The van der Waals surface area contributed by atoms with Crippen LogP contribution >= 0.6 is 11.6 Å². The van der Waals surface area contributed by atoms with E-state index in [9.17, 15) is 9.59 Å². The summed E-state index contributed by atoms with van der Waals surface area (Å²) in [6.07, 6.45) is 9.92. The Morgan fingerprint density at radius 2 is 1.62 bits per heavy atom. The third kappa shape index (κ3) is 9.06. The Balaban J connectivity index is 0.000000273. The van der Waals surface area contributed by atoms with E-state index in [0.717, 1.165) is 37.1 Å². The molecule has 9 heteroatoms. The van der Waals surface area contributed by atoms with E-state index in [-0.39, 0.29) is 41.0 Å². The Kier molecular flexibility index (Phi) is 13.2. The van der Waals surface area contributed by atoms with Gasteiger partial charge in [-0.25, -0.2) is 4.39 Å². The molecule has 0 radical (unpaired) electrons. The number of carbonyl (C=O) groups excluding carboxylic acids is 2. The summed E-state index contributed by atoms with van der Waals surface area (Å²) in [4.78, 5) is 26.2. The lowest BCUT2D eigenvalue weighted by atomic mass is 9.88. The first-order valence-corrected chi connectivity index (χ1v) is 16.3. The number of nitrogens with zero attached hydrogens (tertiary/aromatic N) is 1. The maximum atomic E-state index is 15.5. The highest BCUT2D eigenvalue weighted by Gasteiger charge is 2.27. The predicted molar refractivity (Wildman–Crippen MR) is 177 cm³/mol. The van der Waals surface area contributed by atoms with Crippen molar-refractivity contribution in [3.8, 4) is 16.9 Å². The third-order valence-corrected chi connectivity index (χ3v) is 8.97. The lowest BCUT2D eigenvalue weighted by Crippen LogP contribution is -2.40. The van der Waals surface area contributed by atoms with Crippen LogP contribution in [-0.4, -0.2) is 56.7 Å². The van der Waals surface area contributed by atoms with Crippen molar-refractivity contribution in [2.45, 2.75) is 57.3 Å². The molecule has 1 unspecified atom stereocenters. The number of methoxy groups -OCH3 is 1. The third-order valence-electron chi connectivity index (χ3n) is 8.64. The maximum absolute atomic E-state index is 15.5. The Hall–Kier alpha value is -3.46. The number of hydrogen-bond acceptors (Lipinski definition) is 5. The van der Waals surface area contributed by atoms with Crippen LogP contribution < -0.4 is 16.2 Å². The van der Waals surface area contributed by atoms with Gasteiger partial charge in [0.1, 0.15) is 6.61 Å². The zero-order chi connectivity index (χ0) is 32.2. The van der Waals surface area contributed by atoms with Gasteiger partial charge in [-0.3, -0.25) is 9.59 Å². The number of piperidine rings is 1. The minimum absolute atomic E-state index is 0.00176. The smallest absolute Gasteiger partial charge is 0.249 e. The molecule has 3 aromatic carbocycles. The highest BCUT2D eigenvalue weighted by molar-refractivity contribution is 6.33. The standard InChI is InChI=1S/C24H24ClFN2O3.C12H21NO/c1-30-11-12-31-21-10-8-17(24(28)29)22(23(21)26)18-13-16(7-9-20(18)25)19(14-27)15-5-3-2-4-6-15;14-12(11-7-3-1-4-8-11)13-9-5-2-6-10-13/h2-10,13,19H,11-12,14,27H2,1H3,(H2,28,29);11H,1-10H2. The summed E-state index contributed by atoms with van der Waals surface area (Å²) in [5, 5.41) is 0.281. The van der Waals surface area contributed by atoms with E-state index in [2.05, 4.69) is 4.90 Å². The van der Waals surface area contributed by atoms with Crippen LogP contribution in [0, 0.1) is 11.7 Å². The molecule has 0 spiro atoms. The average Bonchev–Trinajstić information content (AvgIpc) is 3.08. The van der Waals surface area contributed by atoms with Crippen LogP contribution in [0.5, 0.6) is 5.75 Å². The van der Waals surface area contributed by atoms with E-state index in [1.807, 2.05) is 36.4 Å². The van der Waals surface area contributed by atoms with Crippen molar-refractivity contribution >= 4 is 23.4 Å². The Morgan fingerprint density at radius 3 is 2.27 bits per heavy atom. The molecule has 1 atom stereocenters. The van der Waals surface area contributed by atoms with E-state index in [1.54, 1.807) is 12.1 Å². The van der Waals surface area contributed by atoms with Crippen LogP contribution in [-0.2, 0) is 9.53 Å². The van der Waals surface area contributed by atoms with Gasteiger partial charge < -0.3 is 25.8 Å². The van der Waals surface area contributed by atoms with Gasteiger partial charge in [-0.05, 0) is 67.5 Å². The monoisotopic (exact) mass is 637 g/mol. The SMILES string of the molecule is COCCOc1ccc(C(N)=O)c(-c2cc(C(CN)c3ccccc3)ccc2Cl)c1F.O=C(C1CCCCC1)N1CCCCC1. The zero-order valence-corrected chi connectivity index (χ0v) is 26.9. The topological polar surface area (TPSA) is 108 Å². The van der Waals surface area contributed by atoms with Crippen molar-refractivity contribution in [2.24, 2.45) is 17.4 Å². The van der Waals surface area contributed by atoms with Gasteiger partial charge in [0.2, 0.25) is 11.8 Å². The molecule has 2 amide bonds. The molecule has 1 aliphatic heterocycles. The lowest BCUT2D eigenvalue weighted by Gasteiger charge is -2.31. The average molecular weight is 638 g/mol. The summed E-state index contributed by atoms with van der Waals surface area (Å²) in [5.41, 5.74) is 13.8. The number of carbonyl (C=O) groups is 2. The van der Waals surface area contributed by atoms with Gasteiger partial charge in [0.05, 0.1) is 12.2 Å². The normalized spacial score (nSPS) is 16.0. The first-order chi connectivity index (χ1) is 21.8. The van der Waals surface area contributed by atoms with Crippen molar-refractivity contribution in [3.63, 3.8) is 0 Å². The minimum atomic E-state index is -0.766. The Bertz CT molecular complexity index is 1390. The zero-order valence-electron chi connectivity index (χ0n) is 26.1. The van der Waals surface area contributed by atoms with Gasteiger partial charge in [-0.2, -0.15) is 0 Å². The van der Waals surface area contributed by atoms with Crippen LogP contribution in [0.1, 0.15) is 78.8 Å². The molecule has 1 heterocycles. The van der Waals surface area contributed by atoms with Gasteiger partial charge >= 0.3 is 0 Å². The fraction of sp³-hybridized carbons (Fsp3) is 0.444. The quantitative estimate of drug-likeness (QED) is 0.234. The Morgan fingerprint density at radius 1 is 0.933 bits per heavy atom. The maximum Gasteiger partial charge on any atom is 0.249 e. The number of amides is 2. The molecule has 1 aliphatic carbocycles. The molecule has 1 saturated carbocycles. The summed E-state index contributed by atoms with van der Waals surface area (Å²) >= 11 is 6.44. The van der Waals surface area contributed by atoms with E-state index >= 15 is 4.39 Å². The molecule has 1 saturated heterocycles. The van der Waals surface area contributed by atoms with Gasteiger partial charge in [0.15, 0.2) is 11.6 Å². The molecular formula is C36H45ClFN3O4. The summed E-state index contributed by atoms with van der Waals surface area (Å²) in [6.45, 7) is 2.83. The number of likely N-dealkylation sites (tertiary alicyclic amines) is 1. The second-order valence-corrected chi connectivity index (χ2v) is 12.1. The predicted octanol–water partition coefficient (Wildman–Crippen LogP) is 6.94. The largest absolute Gasteiger partial charge is 0.488 e. The van der Waals surface area contributed by atoms with Crippen LogP contribution in [0.3, 0.4) is 0 Å². The lowest BCUT2D eigenvalue weighted by molar-refractivity contribution is -0.137. The van der Waals surface area contributed by atoms with Crippen LogP contribution in [0.25, 0.3) is 11.1 Å². The van der Waals surface area contributed by atoms with Crippen LogP contribution in [0.2, 0.25) is 5.02 Å². The highest BCUT2D eigenvalue weighted by atomic mass is 35.5. The van der Waals surface area contributed by atoms with Crippen LogP contribution in [0.15, 0.2) is 60.7 Å². The van der Waals surface area contributed by atoms with E-state index in [0.29, 0.717) is 23.9 Å². The van der Waals surface area contributed by atoms with Crippen LogP contribution in [0.4, 0.5) is 4.39 Å². The molecule has 2 fully saturated rings. The number of ether oxygens (including phenoxy) is 2. The number of benzene rings is 3.